The molecule has 2 aromatic heterocycles. The molecule has 0 saturated carbocycles. The molecule has 0 radical (unpaired) electrons. The van der Waals surface area contributed by atoms with E-state index in [1.165, 1.54) is 0 Å². The minimum atomic E-state index is -0.200. The fraction of sp³-hybridized carbons (Fsp3) is 0.227. The molecule has 0 bridgehead atoms. The second-order valence-electron chi connectivity index (χ2n) is 6.44. The van der Waals surface area contributed by atoms with Crippen LogP contribution in [-0.2, 0) is 0 Å². The predicted molar refractivity (Wildman–Crippen MR) is 111 cm³/mol. The van der Waals surface area contributed by atoms with Gasteiger partial charge in [0.2, 0.25) is 0 Å². The number of nitrogens with one attached hydrogen (secondary N) is 1. The maximum atomic E-state index is 12.9. The fourth-order valence-electron chi connectivity index (χ4n) is 2.65. The van der Waals surface area contributed by atoms with Crippen LogP contribution in [0, 0.1) is 26.2 Å². The Morgan fingerprint density at radius 1 is 1.25 bits per heavy atom. The van der Waals surface area contributed by atoms with Crippen molar-refractivity contribution in [2.75, 3.05) is 6.61 Å². The lowest BCUT2D eigenvalue weighted by Gasteiger charge is -2.15. The summed E-state index contributed by atoms with van der Waals surface area (Å²) >= 11 is 1.56. The normalized spacial score (nSPS) is 11.5. The van der Waals surface area contributed by atoms with Crippen molar-refractivity contribution in [1.82, 2.24) is 15.3 Å². The summed E-state index contributed by atoms with van der Waals surface area (Å²) < 4.78 is 5.57. The molecule has 1 atom stereocenters. The van der Waals surface area contributed by atoms with Gasteiger partial charge in [0.1, 0.15) is 17.4 Å². The topological polar surface area (TPSA) is 64.1 Å². The molecular formula is C22H21N3O2S. The third-order valence-electron chi connectivity index (χ3n) is 4.14. The van der Waals surface area contributed by atoms with Gasteiger partial charge in [0.25, 0.3) is 5.91 Å². The van der Waals surface area contributed by atoms with Crippen LogP contribution >= 0.6 is 11.3 Å². The number of aryl methyl sites for hydroxylation is 2. The van der Waals surface area contributed by atoms with Crippen molar-refractivity contribution in [2.24, 2.45) is 0 Å². The molecule has 0 saturated heterocycles. The van der Waals surface area contributed by atoms with Crippen LogP contribution in [0.15, 0.2) is 42.7 Å². The number of ether oxygens (including phenoxy) is 1. The number of nitrogens with zero attached hydrogens (tertiary/aromatic N) is 2. The second-order valence-corrected chi connectivity index (χ2v) is 7.68. The van der Waals surface area contributed by atoms with Crippen LogP contribution < -0.4 is 10.1 Å². The average molecular weight is 391 g/mol. The minimum Gasteiger partial charge on any atom is -0.481 e. The zero-order valence-electron chi connectivity index (χ0n) is 16.0. The minimum absolute atomic E-state index is 0.132. The third kappa shape index (κ3) is 4.76. The number of pyridine rings is 1. The number of carbonyl (C=O) groups excluding carboxylic acids is 1. The summed E-state index contributed by atoms with van der Waals surface area (Å²) in [6, 6.07) is 9.06. The average Bonchev–Trinajstić information content (AvgIpc) is 3.13. The lowest BCUT2D eigenvalue weighted by molar-refractivity contribution is 0.0939. The van der Waals surface area contributed by atoms with Gasteiger partial charge in [-0.25, -0.2) is 4.98 Å². The number of hydrogen-bond acceptors (Lipinski definition) is 5. The van der Waals surface area contributed by atoms with E-state index in [1.54, 1.807) is 29.8 Å². The first kappa shape index (κ1) is 19.6. The molecule has 6 heteroatoms. The second kappa shape index (κ2) is 8.68. The number of thiazole rings is 1. The molecule has 0 aliphatic heterocycles. The molecule has 0 fully saturated rings. The predicted octanol–water partition coefficient (Wildman–Crippen LogP) is 4.32. The Labute approximate surface area is 168 Å². The zero-order chi connectivity index (χ0) is 20.1. The molecule has 28 heavy (non-hydrogen) atoms. The number of terminal acetylenes is 1. The van der Waals surface area contributed by atoms with Crippen LogP contribution in [0.4, 0.5) is 0 Å². The molecular weight excluding hydrogens is 370 g/mol. The maximum Gasteiger partial charge on any atom is 0.251 e. The highest BCUT2D eigenvalue weighted by atomic mass is 32.1. The van der Waals surface area contributed by atoms with E-state index in [0.29, 0.717) is 11.3 Å². The van der Waals surface area contributed by atoms with Crippen molar-refractivity contribution < 1.29 is 9.53 Å². The van der Waals surface area contributed by atoms with E-state index in [1.807, 2.05) is 45.0 Å². The third-order valence-corrected chi connectivity index (χ3v) is 5.10. The van der Waals surface area contributed by atoms with E-state index in [0.717, 1.165) is 26.7 Å². The molecule has 1 aromatic carbocycles. The Kier molecular flexibility index (Phi) is 6.07. The van der Waals surface area contributed by atoms with Gasteiger partial charge in [0.15, 0.2) is 0 Å². The highest BCUT2D eigenvalue weighted by Gasteiger charge is 2.15. The molecule has 0 spiro atoms. The van der Waals surface area contributed by atoms with Crippen LogP contribution in [0.3, 0.4) is 0 Å². The Morgan fingerprint density at radius 3 is 2.71 bits per heavy atom. The summed E-state index contributed by atoms with van der Waals surface area (Å²) in [4.78, 5) is 22.7. The summed E-state index contributed by atoms with van der Waals surface area (Å²) in [5.74, 6) is 2.78. The van der Waals surface area contributed by atoms with Crippen molar-refractivity contribution in [1.29, 1.82) is 0 Å². The first-order chi connectivity index (χ1) is 13.5. The zero-order valence-corrected chi connectivity index (χ0v) is 16.8. The fourth-order valence-corrected chi connectivity index (χ4v) is 3.40. The smallest absolute Gasteiger partial charge is 0.251 e. The van der Waals surface area contributed by atoms with Gasteiger partial charge in [-0.1, -0.05) is 12.0 Å². The van der Waals surface area contributed by atoms with E-state index >= 15 is 0 Å². The lowest BCUT2D eigenvalue weighted by atomic mass is 10.1. The first-order valence-electron chi connectivity index (χ1n) is 8.84. The molecule has 1 N–H and O–H groups in total. The summed E-state index contributed by atoms with van der Waals surface area (Å²) in [6.07, 6.45) is 8.88. The van der Waals surface area contributed by atoms with Crippen molar-refractivity contribution >= 4 is 17.2 Å². The number of aromatic nitrogens is 2. The number of amides is 1. The van der Waals surface area contributed by atoms with Crippen LogP contribution in [0.1, 0.15) is 39.5 Å². The summed E-state index contributed by atoms with van der Waals surface area (Å²) in [5, 5.41) is 3.83. The van der Waals surface area contributed by atoms with Gasteiger partial charge in [-0.05, 0) is 50.6 Å². The van der Waals surface area contributed by atoms with E-state index in [-0.39, 0.29) is 18.6 Å². The van der Waals surface area contributed by atoms with Gasteiger partial charge in [0.05, 0.1) is 6.04 Å². The van der Waals surface area contributed by atoms with Crippen molar-refractivity contribution in [2.45, 2.75) is 26.8 Å². The standard InChI is InChI=1S/C22H21N3O2S/c1-5-8-27-20-10-18(9-19(11-20)22-24-12-15(3)28-22)21(26)25-16(4)17-7-6-14(2)23-13-17/h1,6-7,9-13,16H,8H2,2-4H3,(H,25,26). The molecule has 5 nitrogen and oxygen atoms in total. The van der Waals surface area contributed by atoms with Crippen LogP contribution in [0.2, 0.25) is 0 Å². The van der Waals surface area contributed by atoms with Crippen LogP contribution in [0.25, 0.3) is 10.6 Å². The maximum absolute atomic E-state index is 12.9. The number of rotatable bonds is 6. The van der Waals surface area contributed by atoms with E-state index in [9.17, 15) is 4.79 Å². The van der Waals surface area contributed by atoms with Gasteiger partial charge in [-0.15, -0.1) is 17.8 Å². The number of carbonyl (C=O) groups is 1. The first-order valence-corrected chi connectivity index (χ1v) is 9.65. The molecule has 0 aliphatic rings. The summed E-state index contributed by atoms with van der Waals surface area (Å²) in [7, 11) is 0. The van der Waals surface area contributed by atoms with Gasteiger partial charge < -0.3 is 10.1 Å². The van der Waals surface area contributed by atoms with Gasteiger partial charge in [-0.2, -0.15) is 0 Å². The number of hydrogen-bond donors (Lipinski definition) is 1. The molecule has 2 heterocycles. The molecule has 0 aliphatic carbocycles. The Morgan fingerprint density at radius 2 is 2.07 bits per heavy atom. The molecule has 3 aromatic rings. The number of benzene rings is 1. The molecule has 142 valence electrons. The summed E-state index contributed by atoms with van der Waals surface area (Å²) in [6.45, 7) is 5.97. The van der Waals surface area contributed by atoms with Crippen molar-refractivity contribution in [3.05, 3.63) is 64.4 Å². The SMILES string of the molecule is C#CCOc1cc(C(=O)NC(C)c2ccc(C)nc2)cc(-c2ncc(C)s2)c1. The molecule has 3 rings (SSSR count). The monoisotopic (exact) mass is 391 g/mol. The van der Waals surface area contributed by atoms with Crippen LogP contribution in [0.5, 0.6) is 5.75 Å². The van der Waals surface area contributed by atoms with Gasteiger partial charge in [-0.3, -0.25) is 9.78 Å². The highest BCUT2D eigenvalue weighted by molar-refractivity contribution is 7.14. The van der Waals surface area contributed by atoms with E-state index in [2.05, 4.69) is 21.2 Å². The highest BCUT2D eigenvalue weighted by Crippen LogP contribution is 2.29. The van der Waals surface area contributed by atoms with E-state index < -0.39 is 0 Å². The Balaban J connectivity index is 1.87. The Bertz CT molecular complexity index is 1020. The van der Waals surface area contributed by atoms with Gasteiger partial charge in [0, 0.05) is 34.1 Å². The molecule has 1 unspecified atom stereocenters. The lowest BCUT2D eigenvalue weighted by Crippen LogP contribution is -2.26. The van der Waals surface area contributed by atoms with Gasteiger partial charge >= 0.3 is 0 Å². The van der Waals surface area contributed by atoms with Crippen molar-refractivity contribution in [3.63, 3.8) is 0 Å². The van der Waals surface area contributed by atoms with Crippen LogP contribution in [-0.4, -0.2) is 22.5 Å². The van der Waals surface area contributed by atoms with E-state index in [4.69, 9.17) is 11.2 Å². The quantitative estimate of drug-likeness (QED) is 0.636. The largest absolute Gasteiger partial charge is 0.481 e. The molecule has 1 amide bonds. The van der Waals surface area contributed by atoms with Crippen molar-refractivity contribution in [3.8, 4) is 28.7 Å². The Hall–Kier alpha value is -3.17. The summed E-state index contributed by atoms with van der Waals surface area (Å²) in [5.41, 5.74) is 3.19.